The summed E-state index contributed by atoms with van der Waals surface area (Å²) in [6, 6.07) is 0. The van der Waals surface area contributed by atoms with Gasteiger partial charge in [-0.25, -0.2) is 0 Å². The quantitative estimate of drug-likeness (QED) is 0.0991. The Hall–Kier alpha value is -2.30. The van der Waals surface area contributed by atoms with Crippen LogP contribution in [0.25, 0.3) is 0 Å². The molecule has 294 valence electrons. The normalized spacial score (nSPS) is 18.8. The van der Waals surface area contributed by atoms with Gasteiger partial charge in [0.1, 0.15) is 0 Å². The molecule has 3 unspecified atom stereocenters. The van der Waals surface area contributed by atoms with Crippen molar-refractivity contribution >= 4 is 5.91 Å². The zero-order valence-corrected chi connectivity index (χ0v) is 23.8. The highest BCUT2D eigenvalue weighted by Gasteiger charge is 2.88. The highest BCUT2D eigenvalue weighted by molar-refractivity contribution is 5.84. The van der Waals surface area contributed by atoms with Gasteiger partial charge < -0.3 is 9.80 Å². The molecule has 0 aliphatic carbocycles. The largest absolute Gasteiger partial charge is 0.462 e. The van der Waals surface area contributed by atoms with Gasteiger partial charge in [-0.05, 0) is 13.8 Å². The standard InChI is InChI=1S/C20H19F23N2O4/c1-4-45(3,5-2)8-6-7-44-9(46)10(21,14(26,27)28)47-19(40,41)12(24,16(32,33)34)49-20(42,43)13(25,17(35,36)37)48-18(38,39)11(22,23)15(29,30)31/h4-8H2,1-3H3/p+1. The van der Waals surface area contributed by atoms with Crippen LogP contribution in [0, 0.1) is 0 Å². The van der Waals surface area contributed by atoms with Crippen LogP contribution in [0.1, 0.15) is 20.3 Å². The summed E-state index contributed by atoms with van der Waals surface area (Å²) in [5, 5.41) is 0.838. The van der Waals surface area contributed by atoms with E-state index in [1.54, 1.807) is 13.8 Å². The molecule has 0 saturated carbocycles. The molecule has 1 amide bonds. The Labute approximate surface area is 257 Å². The van der Waals surface area contributed by atoms with E-state index in [4.69, 9.17) is 0 Å². The minimum atomic E-state index is -8.74. The first-order chi connectivity index (χ1) is 21.1. The summed E-state index contributed by atoms with van der Waals surface area (Å²) in [5.41, 5.74) is 0. The third kappa shape index (κ3) is 8.96. The van der Waals surface area contributed by atoms with Gasteiger partial charge >= 0.3 is 66.5 Å². The fourth-order valence-electron chi connectivity index (χ4n) is 3.00. The maximum atomic E-state index is 14.6. The molecule has 0 aliphatic rings. The molecule has 0 spiro atoms. The molecule has 0 heterocycles. The average Bonchev–Trinajstić information content (AvgIpc) is 2.87. The number of carbonyl (C=O) groups excluding carboxylic acids is 1. The number of hydrogen-bond acceptors (Lipinski definition) is 4. The maximum Gasteiger partial charge on any atom is 0.462 e. The number of nitrogens with zero attached hydrogens (tertiary/aromatic N) is 1. The van der Waals surface area contributed by atoms with E-state index in [0.717, 1.165) is 10.1 Å². The summed E-state index contributed by atoms with van der Waals surface area (Å²) >= 11 is 0. The monoisotopic (exact) mass is 789 g/mol. The predicted molar refractivity (Wildman–Crippen MR) is 109 cm³/mol. The van der Waals surface area contributed by atoms with E-state index in [9.17, 15) is 106 Å². The van der Waals surface area contributed by atoms with Crippen LogP contribution in [-0.2, 0) is 19.0 Å². The van der Waals surface area contributed by atoms with E-state index in [2.05, 4.69) is 0 Å². The van der Waals surface area contributed by atoms with Crippen LogP contribution in [-0.4, -0.2) is 110 Å². The third-order valence-electron chi connectivity index (χ3n) is 6.35. The SMILES string of the molecule is CC[N+](C)(CC)CCCNC(=O)C(F)(OC(F)(F)C(F)(OC(F)(F)C(F)(OC(F)(F)C(F)(F)C(F)(F)F)C(F)(F)F)C(F)(F)F)C(F)(F)F. The fourth-order valence-corrected chi connectivity index (χ4v) is 3.00. The molecule has 6 nitrogen and oxygen atoms in total. The molecular formula is C20H20F23N2O4+. The van der Waals surface area contributed by atoms with E-state index in [1.807, 2.05) is 4.74 Å². The van der Waals surface area contributed by atoms with Gasteiger partial charge in [-0.15, -0.1) is 0 Å². The summed E-state index contributed by atoms with van der Waals surface area (Å²) in [7, 11) is 1.49. The second-order valence-electron chi connectivity index (χ2n) is 9.79. The lowest BCUT2D eigenvalue weighted by atomic mass is 10.2. The van der Waals surface area contributed by atoms with Gasteiger partial charge in [-0.1, -0.05) is 0 Å². The molecule has 0 aromatic carbocycles. The van der Waals surface area contributed by atoms with Gasteiger partial charge in [0.25, 0.3) is 5.91 Å². The number of alkyl halides is 23. The molecule has 0 aliphatic heterocycles. The van der Waals surface area contributed by atoms with Crippen molar-refractivity contribution in [2.24, 2.45) is 0 Å². The van der Waals surface area contributed by atoms with E-state index < -0.39 is 85.4 Å². The van der Waals surface area contributed by atoms with Gasteiger partial charge in [0.2, 0.25) is 0 Å². The average molecular weight is 789 g/mol. The lowest BCUT2D eigenvalue weighted by Gasteiger charge is -2.42. The van der Waals surface area contributed by atoms with Crippen molar-refractivity contribution in [2.45, 2.75) is 86.8 Å². The van der Waals surface area contributed by atoms with Crippen LogP contribution in [0.5, 0.6) is 0 Å². The molecule has 0 radical (unpaired) electrons. The number of nitrogens with one attached hydrogen (secondary N) is 1. The molecule has 0 fully saturated rings. The number of ether oxygens (including phenoxy) is 3. The summed E-state index contributed by atoms with van der Waals surface area (Å²) in [6.07, 6.45) is -58.0. The Balaban J connectivity index is 7.05. The van der Waals surface area contributed by atoms with Crippen molar-refractivity contribution in [3.63, 3.8) is 0 Å². The summed E-state index contributed by atoms with van der Waals surface area (Å²) < 4.78 is 312. The van der Waals surface area contributed by atoms with Crippen LogP contribution in [0.2, 0.25) is 0 Å². The van der Waals surface area contributed by atoms with Crippen molar-refractivity contribution in [1.29, 1.82) is 0 Å². The second kappa shape index (κ2) is 13.7. The van der Waals surface area contributed by atoms with E-state index in [0.29, 0.717) is 0 Å². The summed E-state index contributed by atoms with van der Waals surface area (Å²) in [6.45, 7) is 2.39. The van der Waals surface area contributed by atoms with E-state index in [1.165, 1.54) is 11.8 Å². The Kier molecular flexibility index (Phi) is 13.0. The van der Waals surface area contributed by atoms with E-state index in [-0.39, 0.29) is 24.1 Å². The predicted octanol–water partition coefficient (Wildman–Crippen LogP) is 7.69. The van der Waals surface area contributed by atoms with Gasteiger partial charge in [0.05, 0.1) is 26.7 Å². The highest BCUT2D eigenvalue weighted by Crippen LogP contribution is 2.59. The van der Waals surface area contributed by atoms with Crippen molar-refractivity contribution in [3.8, 4) is 0 Å². The first kappa shape index (κ1) is 46.7. The zero-order chi connectivity index (χ0) is 39.9. The number of quaternary nitrogens is 1. The van der Waals surface area contributed by atoms with E-state index >= 15 is 0 Å². The minimum absolute atomic E-state index is 0.0590. The highest BCUT2D eigenvalue weighted by atomic mass is 19.4. The van der Waals surface area contributed by atoms with Crippen molar-refractivity contribution < 1.29 is 124 Å². The van der Waals surface area contributed by atoms with Crippen LogP contribution in [0.3, 0.4) is 0 Å². The Morgan fingerprint density at radius 2 is 0.878 bits per heavy atom. The summed E-state index contributed by atoms with van der Waals surface area (Å²) in [4.78, 5) is 11.8. The number of rotatable bonds is 16. The number of hydrogen-bond donors (Lipinski definition) is 1. The first-order valence-corrected chi connectivity index (χ1v) is 12.2. The van der Waals surface area contributed by atoms with Crippen molar-refractivity contribution in [2.75, 3.05) is 33.2 Å². The molecule has 1 N–H and O–H groups in total. The van der Waals surface area contributed by atoms with Gasteiger partial charge in [-0.2, -0.15) is 101 Å². The minimum Gasteiger partial charge on any atom is -0.351 e. The fraction of sp³-hybridized carbons (Fsp3) is 0.950. The van der Waals surface area contributed by atoms with Gasteiger partial charge in [0, 0.05) is 13.0 Å². The summed E-state index contributed by atoms with van der Waals surface area (Å²) in [5.74, 6) is -36.1. The van der Waals surface area contributed by atoms with Crippen LogP contribution in [0.4, 0.5) is 101 Å². The topological polar surface area (TPSA) is 56.8 Å². The van der Waals surface area contributed by atoms with Crippen molar-refractivity contribution in [3.05, 3.63) is 0 Å². The Morgan fingerprint density at radius 1 is 0.531 bits per heavy atom. The Bertz CT molecular complexity index is 1130. The molecule has 49 heavy (non-hydrogen) atoms. The lowest BCUT2D eigenvalue weighted by Crippen LogP contribution is -2.71. The van der Waals surface area contributed by atoms with Gasteiger partial charge in [-0.3, -0.25) is 19.0 Å². The van der Waals surface area contributed by atoms with Crippen LogP contribution >= 0.6 is 0 Å². The molecule has 0 aromatic rings. The molecule has 29 heteroatoms. The number of amides is 1. The Morgan fingerprint density at radius 3 is 1.18 bits per heavy atom. The molecular weight excluding hydrogens is 769 g/mol. The lowest BCUT2D eigenvalue weighted by molar-refractivity contribution is -0.906. The molecule has 0 aromatic heterocycles. The van der Waals surface area contributed by atoms with Gasteiger partial charge in [0.15, 0.2) is 0 Å². The van der Waals surface area contributed by atoms with Crippen molar-refractivity contribution in [1.82, 2.24) is 5.32 Å². The smallest absolute Gasteiger partial charge is 0.351 e. The second-order valence-corrected chi connectivity index (χ2v) is 9.79. The number of carbonyl (C=O) groups is 1. The molecule has 0 bridgehead atoms. The third-order valence-corrected chi connectivity index (χ3v) is 6.35. The zero-order valence-electron chi connectivity index (χ0n) is 23.8. The first-order valence-electron chi connectivity index (χ1n) is 12.2. The molecule has 0 rings (SSSR count). The van der Waals surface area contributed by atoms with Crippen LogP contribution in [0.15, 0.2) is 0 Å². The maximum absolute atomic E-state index is 14.6. The number of halogens is 23. The van der Waals surface area contributed by atoms with Crippen LogP contribution < -0.4 is 5.32 Å². The molecule has 3 atom stereocenters. The molecule has 0 saturated heterocycles.